The van der Waals surface area contributed by atoms with Crippen LogP contribution in [0.5, 0.6) is 0 Å². The van der Waals surface area contributed by atoms with E-state index in [4.69, 9.17) is 0 Å². The number of nitrogens with one attached hydrogen (secondary N) is 1. The van der Waals surface area contributed by atoms with E-state index >= 15 is 0 Å². The average molecular weight is 275 g/mol. The third kappa shape index (κ3) is 2.41. The van der Waals surface area contributed by atoms with Gasteiger partial charge in [0.05, 0.1) is 10.2 Å². The molecule has 1 aliphatic rings. The van der Waals surface area contributed by atoms with Crippen LogP contribution in [0.4, 0.5) is 10.8 Å². The van der Waals surface area contributed by atoms with Gasteiger partial charge < -0.3 is 10.2 Å². The molecule has 3 rings (SSSR count). The summed E-state index contributed by atoms with van der Waals surface area (Å²) in [5, 5.41) is 4.15. The van der Waals surface area contributed by atoms with Crippen LogP contribution in [0.2, 0.25) is 0 Å². The summed E-state index contributed by atoms with van der Waals surface area (Å²) < 4.78 is 1.30. The summed E-state index contributed by atoms with van der Waals surface area (Å²) in [7, 11) is 1.93. The van der Waals surface area contributed by atoms with Crippen molar-refractivity contribution in [2.45, 2.75) is 26.7 Å². The monoisotopic (exact) mass is 275 g/mol. The van der Waals surface area contributed by atoms with Gasteiger partial charge in [0.25, 0.3) is 0 Å². The number of fused-ring (bicyclic) bond motifs is 2. The Morgan fingerprint density at radius 1 is 1.42 bits per heavy atom. The number of rotatable bonds is 3. The largest absolute Gasteiger partial charge is 0.371 e. The first-order valence-corrected chi connectivity index (χ1v) is 7.85. The van der Waals surface area contributed by atoms with Gasteiger partial charge in [0.2, 0.25) is 0 Å². The number of benzene rings is 1. The van der Waals surface area contributed by atoms with Crippen molar-refractivity contribution in [2.24, 2.45) is 5.92 Å². The van der Waals surface area contributed by atoms with Crippen molar-refractivity contribution < 1.29 is 0 Å². The number of aryl methyl sites for hydroxylation is 1. The molecule has 2 heterocycles. The topological polar surface area (TPSA) is 28.2 Å². The van der Waals surface area contributed by atoms with Crippen molar-refractivity contribution in [1.29, 1.82) is 0 Å². The molecule has 0 unspecified atom stereocenters. The summed E-state index contributed by atoms with van der Waals surface area (Å²) in [6.07, 6.45) is 2.47. The Kier molecular flexibility index (Phi) is 3.35. The zero-order chi connectivity index (χ0) is 13.4. The number of aromatic nitrogens is 1. The van der Waals surface area contributed by atoms with Gasteiger partial charge in [-0.25, -0.2) is 4.98 Å². The second kappa shape index (κ2) is 5.00. The van der Waals surface area contributed by atoms with Crippen LogP contribution >= 0.6 is 11.3 Å². The Hall–Kier alpha value is -1.29. The highest BCUT2D eigenvalue weighted by molar-refractivity contribution is 7.22. The summed E-state index contributed by atoms with van der Waals surface area (Å²) in [6, 6.07) is 4.62. The molecule has 0 atom stereocenters. The average Bonchev–Trinajstić information content (AvgIpc) is 2.78. The normalized spacial score (nSPS) is 15.1. The van der Waals surface area contributed by atoms with E-state index in [9.17, 15) is 0 Å². The Balaban J connectivity index is 2.04. The van der Waals surface area contributed by atoms with Gasteiger partial charge in [0, 0.05) is 25.8 Å². The Labute approximate surface area is 118 Å². The van der Waals surface area contributed by atoms with Crippen molar-refractivity contribution in [2.75, 3.05) is 30.4 Å². The standard InChI is InChI=1S/C15H21N3S/c1-10(2)9-18-6-4-5-11-7-14-12(8-13(11)18)17-15(16-3)19-14/h7-8,10H,4-6,9H2,1-3H3,(H,16,17). The zero-order valence-corrected chi connectivity index (χ0v) is 12.7. The minimum Gasteiger partial charge on any atom is -0.371 e. The van der Waals surface area contributed by atoms with Crippen molar-refractivity contribution in [3.8, 4) is 0 Å². The van der Waals surface area contributed by atoms with E-state index in [2.05, 4.69) is 41.2 Å². The lowest BCUT2D eigenvalue weighted by atomic mass is 10.0. The molecule has 0 aliphatic carbocycles. The Bertz CT molecular complexity index is 588. The van der Waals surface area contributed by atoms with Crippen molar-refractivity contribution in [1.82, 2.24) is 4.98 Å². The third-order valence-electron chi connectivity index (χ3n) is 3.60. The number of thiazole rings is 1. The highest BCUT2D eigenvalue weighted by Crippen LogP contribution is 2.35. The van der Waals surface area contributed by atoms with E-state index in [0.29, 0.717) is 5.92 Å². The predicted molar refractivity (Wildman–Crippen MR) is 84.5 cm³/mol. The van der Waals surface area contributed by atoms with Gasteiger partial charge in [-0.1, -0.05) is 25.2 Å². The highest BCUT2D eigenvalue weighted by Gasteiger charge is 2.19. The molecular weight excluding hydrogens is 254 g/mol. The number of hydrogen-bond acceptors (Lipinski definition) is 4. The molecule has 0 amide bonds. The van der Waals surface area contributed by atoms with E-state index in [1.165, 1.54) is 35.3 Å². The van der Waals surface area contributed by atoms with Gasteiger partial charge in [0.1, 0.15) is 0 Å². The van der Waals surface area contributed by atoms with E-state index in [-0.39, 0.29) is 0 Å². The molecule has 0 bridgehead atoms. The minimum atomic E-state index is 0.699. The molecule has 0 radical (unpaired) electrons. The molecule has 4 heteroatoms. The van der Waals surface area contributed by atoms with Crippen LogP contribution in [0.25, 0.3) is 10.2 Å². The molecule has 1 N–H and O–H groups in total. The van der Waals surface area contributed by atoms with Gasteiger partial charge in [-0.3, -0.25) is 0 Å². The predicted octanol–water partition coefficient (Wildman–Crippen LogP) is 3.75. The molecule has 19 heavy (non-hydrogen) atoms. The molecule has 3 nitrogen and oxygen atoms in total. The van der Waals surface area contributed by atoms with Gasteiger partial charge in [-0.15, -0.1) is 0 Å². The Morgan fingerprint density at radius 3 is 3.00 bits per heavy atom. The first kappa shape index (κ1) is 12.7. The molecule has 0 fully saturated rings. The first-order chi connectivity index (χ1) is 9.17. The van der Waals surface area contributed by atoms with Crippen LogP contribution < -0.4 is 10.2 Å². The van der Waals surface area contributed by atoms with Gasteiger partial charge in [0.15, 0.2) is 5.13 Å². The second-order valence-corrected chi connectivity index (χ2v) is 6.69. The van der Waals surface area contributed by atoms with Crippen LogP contribution in [0.15, 0.2) is 12.1 Å². The van der Waals surface area contributed by atoms with Gasteiger partial charge in [-0.2, -0.15) is 0 Å². The summed E-state index contributed by atoms with van der Waals surface area (Å²) in [5.41, 5.74) is 4.02. The number of hydrogen-bond donors (Lipinski definition) is 1. The van der Waals surface area contributed by atoms with E-state index in [1.807, 2.05) is 7.05 Å². The zero-order valence-electron chi connectivity index (χ0n) is 11.9. The fourth-order valence-electron chi connectivity index (χ4n) is 2.82. The minimum absolute atomic E-state index is 0.699. The molecular formula is C15H21N3S. The maximum Gasteiger partial charge on any atom is 0.183 e. The lowest BCUT2D eigenvalue weighted by Gasteiger charge is -2.32. The first-order valence-electron chi connectivity index (χ1n) is 7.03. The smallest absolute Gasteiger partial charge is 0.183 e. The lowest BCUT2D eigenvalue weighted by molar-refractivity contribution is 0.585. The fourth-order valence-corrected chi connectivity index (χ4v) is 3.68. The molecule has 1 aromatic heterocycles. The van der Waals surface area contributed by atoms with Crippen molar-refractivity contribution >= 4 is 32.4 Å². The summed E-state index contributed by atoms with van der Waals surface area (Å²) in [4.78, 5) is 7.16. The summed E-state index contributed by atoms with van der Waals surface area (Å²) >= 11 is 1.74. The van der Waals surface area contributed by atoms with Crippen LogP contribution in [0.3, 0.4) is 0 Å². The molecule has 0 saturated carbocycles. The molecule has 0 spiro atoms. The number of nitrogens with zero attached hydrogens (tertiary/aromatic N) is 2. The van der Waals surface area contributed by atoms with E-state index in [0.717, 1.165) is 17.2 Å². The molecule has 1 aromatic carbocycles. The maximum absolute atomic E-state index is 4.63. The third-order valence-corrected chi connectivity index (χ3v) is 4.64. The highest BCUT2D eigenvalue weighted by atomic mass is 32.1. The van der Waals surface area contributed by atoms with E-state index < -0.39 is 0 Å². The quantitative estimate of drug-likeness (QED) is 0.924. The van der Waals surface area contributed by atoms with E-state index in [1.54, 1.807) is 11.3 Å². The van der Waals surface area contributed by atoms with Crippen LogP contribution in [-0.2, 0) is 6.42 Å². The maximum atomic E-state index is 4.63. The van der Waals surface area contributed by atoms with Crippen molar-refractivity contribution in [3.05, 3.63) is 17.7 Å². The molecule has 102 valence electrons. The van der Waals surface area contributed by atoms with Crippen molar-refractivity contribution in [3.63, 3.8) is 0 Å². The lowest BCUT2D eigenvalue weighted by Crippen LogP contribution is -2.32. The van der Waals surface area contributed by atoms with Crippen LogP contribution in [0.1, 0.15) is 25.8 Å². The molecule has 1 aliphatic heterocycles. The van der Waals surface area contributed by atoms with Crippen LogP contribution in [-0.4, -0.2) is 25.1 Å². The summed E-state index contributed by atoms with van der Waals surface area (Å²) in [6.45, 7) is 6.89. The fraction of sp³-hybridized carbons (Fsp3) is 0.533. The molecule has 2 aromatic rings. The SMILES string of the molecule is CNc1nc2cc3c(cc2s1)CCCN3CC(C)C. The second-order valence-electron chi connectivity index (χ2n) is 5.66. The Morgan fingerprint density at radius 2 is 2.26 bits per heavy atom. The van der Waals surface area contributed by atoms with Gasteiger partial charge in [-0.05, 0) is 36.5 Å². The molecule has 0 saturated heterocycles. The summed E-state index contributed by atoms with van der Waals surface area (Å²) in [5.74, 6) is 0.699. The van der Waals surface area contributed by atoms with Gasteiger partial charge >= 0.3 is 0 Å². The number of anilines is 2. The van der Waals surface area contributed by atoms with Crippen LogP contribution in [0, 0.1) is 5.92 Å².